The van der Waals surface area contributed by atoms with Gasteiger partial charge in [0, 0.05) is 6.42 Å². The second-order valence-corrected chi connectivity index (χ2v) is 5.16. The van der Waals surface area contributed by atoms with Crippen molar-refractivity contribution in [1.82, 2.24) is 10.0 Å². The van der Waals surface area contributed by atoms with Crippen LogP contribution in [0.3, 0.4) is 0 Å². The summed E-state index contributed by atoms with van der Waals surface area (Å²) in [4.78, 5) is 23.7. The minimum absolute atomic E-state index is 0.0534. The summed E-state index contributed by atoms with van der Waals surface area (Å²) in [6, 6.07) is 4.56. The molecule has 1 aromatic rings. The number of hydrogen-bond acceptors (Lipinski definition) is 3. The average Bonchev–Trinajstić information content (AvgIpc) is 2.45. The van der Waals surface area contributed by atoms with Gasteiger partial charge in [-0.1, -0.05) is 42.6 Å². The van der Waals surface area contributed by atoms with E-state index in [0.29, 0.717) is 5.56 Å². The van der Waals surface area contributed by atoms with Gasteiger partial charge in [-0.15, -0.1) is 0 Å². The first kappa shape index (κ1) is 16.4. The Balaban J connectivity index is 2.55. The molecule has 1 unspecified atom stereocenters. The molecule has 1 aliphatic heterocycles. The highest BCUT2D eigenvalue weighted by Gasteiger charge is 2.45. The summed E-state index contributed by atoms with van der Waals surface area (Å²) in [5.41, 5.74) is 1.02. The molecule has 1 atom stereocenters. The van der Waals surface area contributed by atoms with Crippen LogP contribution < -0.4 is 10.0 Å². The average molecular weight is 330 g/mol. The number of halogens is 3. The molecule has 0 radical (unpaired) electrons. The number of amides is 2. The van der Waals surface area contributed by atoms with Gasteiger partial charge >= 0.3 is 6.18 Å². The molecule has 0 saturated carbocycles. The van der Waals surface area contributed by atoms with Crippen molar-refractivity contribution < 1.29 is 22.8 Å². The van der Waals surface area contributed by atoms with Crippen LogP contribution in [0.4, 0.5) is 13.2 Å². The quantitative estimate of drug-likeness (QED) is 0.575. The predicted molar refractivity (Wildman–Crippen MR) is 77.8 cm³/mol. The molecule has 22 heavy (non-hydrogen) atoms. The van der Waals surface area contributed by atoms with Gasteiger partial charge < -0.3 is 5.32 Å². The Kier molecular flexibility index (Phi) is 4.50. The zero-order chi connectivity index (χ0) is 16.5. The Labute approximate surface area is 130 Å². The van der Waals surface area contributed by atoms with Crippen molar-refractivity contribution in [3.63, 3.8) is 0 Å². The van der Waals surface area contributed by atoms with Gasteiger partial charge in [0.25, 0.3) is 11.8 Å². The fourth-order valence-corrected chi connectivity index (χ4v) is 2.35. The molecule has 1 heterocycles. The lowest BCUT2D eigenvalue weighted by Crippen LogP contribution is -2.50. The van der Waals surface area contributed by atoms with Crippen LogP contribution in [0.15, 0.2) is 29.8 Å². The van der Waals surface area contributed by atoms with E-state index in [1.807, 2.05) is 17.0 Å². The number of aryl methyl sites for hydroxylation is 1. The molecule has 0 aromatic heterocycles. The molecule has 1 aromatic carbocycles. The van der Waals surface area contributed by atoms with Crippen molar-refractivity contribution in [2.45, 2.75) is 25.6 Å². The van der Waals surface area contributed by atoms with Crippen molar-refractivity contribution >= 4 is 30.2 Å². The van der Waals surface area contributed by atoms with Crippen molar-refractivity contribution in [2.75, 3.05) is 0 Å². The molecule has 0 saturated heterocycles. The zero-order valence-electron chi connectivity index (χ0n) is 11.5. The van der Waals surface area contributed by atoms with E-state index in [1.54, 1.807) is 24.3 Å². The molecule has 118 valence electrons. The lowest BCUT2D eigenvalue weighted by molar-refractivity contribution is -0.160. The largest absolute Gasteiger partial charge is 0.408 e. The van der Waals surface area contributed by atoms with Crippen LogP contribution in [0.2, 0.25) is 0 Å². The highest BCUT2D eigenvalue weighted by Crippen LogP contribution is 2.34. The first-order chi connectivity index (χ1) is 10.2. The van der Waals surface area contributed by atoms with E-state index in [2.05, 4.69) is 12.8 Å². The maximum absolute atomic E-state index is 12.9. The van der Waals surface area contributed by atoms with E-state index in [-0.39, 0.29) is 11.1 Å². The van der Waals surface area contributed by atoms with Crippen LogP contribution >= 0.6 is 12.8 Å². The lowest BCUT2D eigenvalue weighted by Gasteiger charge is -2.29. The topological polar surface area (TPSA) is 58.2 Å². The third kappa shape index (κ3) is 3.27. The molecular formula is C14H13F3N2O2S. The maximum atomic E-state index is 12.9. The molecule has 2 rings (SSSR count). The summed E-state index contributed by atoms with van der Waals surface area (Å²) in [6.07, 6.45) is -5.09. The van der Waals surface area contributed by atoms with Crippen LogP contribution in [0, 0.1) is 6.92 Å². The molecule has 1 aliphatic rings. The lowest BCUT2D eigenvalue weighted by atomic mass is 9.89. The summed E-state index contributed by atoms with van der Waals surface area (Å²) in [5, 5.41) is 1.82. The number of thiol groups is 1. The van der Waals surface area contributed by atoms with Crippen LogP contribution in [-0.2, 0) is 9.59 Å². The summed E-state index contributed by atoms with van der Waals surface area (Å²) in [6.45, 7) is 1.83. The first-order valence-electron chi connectivity index (χ1n) is 6.36. The van der Waals surface area contributed by atoms with Gasteiger partial charge in [-0.25, -0.2) is 0 Å². The van der Waals surface area contributed by atoms with E-state index in [0.717, 1.165) is 5.56 Å². The third-order valence-electron chi connectivity index (χ3n) is 3.37. The minimum Gasteiger partial charge on any atom is -0.340 e. The smallest absolute Gasteiger partial charge is 0.340 e. The summed E-state index contributed by atoms with van der Waals surface area (Å²) < 4.78 is 40.8. The fraction of sp³-hybridized carbons (Fsp3) is 0.286. The van der Waals surface area contributed by atoms with Crippen molar-refractivity contribution in [3.05, 3.63) is 41.0 Å². The van der Waals surface area contributed by atoms with Gasteiger partial charge in [0.05, 0.1) is 0 Å². The zero-order valence-corrected chi connectivity index (χ0v) is 12.4. The first-order valence-corrected chi connectivity index (χ1v) is 6.81. The SMILES string of the molecule is Cc1ccc(C2=C(C(=O)NS)C(=O)NC(C(F)(F)F)C2)cc1. The second-order valence-electron chi connectivity index (χ2n) is 4.93. The summed E-state index contributed by atoms with van der Waals surface area (Å²) >= 11 is 3.58. The van der Waals surface area contributed by atoms with Gasteiger partial charge in [0.1, 0.15) is 11.6 Å². The Morgan fingerprint density at radius 1 is 1.32 bits per heavy atom. The Morgan fingerprint density at radius 2 is 1.91 bits per heavy atom. The highest BCUT2D eigenvalue weighted by atomic mass is 32.1. The minimum atomic E-state index is -4.59. The molecule has 0 fully saturated rings. The maximum Gasteiger partial charge on any atom is 0.408 e. The predicted octanol–water partition coefficient (Wildman–Crippen LogP) is 2.16. The molecule has 0 spiro atoms. The van der Waals surface area contributed by atoms with Gasteiger partial charge in [-0.05, 0) is 18.1 Å². The number of alkyl halides is 3. The van der Waals surface area contributed by atoms with E-state index in [9.17, 15) is 22.8 Å². The highest BCUT2D eigenvalue weighted by molar-refractivity contribution is 7.78. The number of benzene rings is 1. The van der Waals surface area contributed by atoms with E-state index < -0.39 is 30.5 Å². The molecule has 8 heteroatoms. The van der Waals surface area contributed by atoms with E-state index in [4.69, 9.17) is 0 Å². The van der Waals surface area contributed by atoms with Gasteiger partial charge in [0.15, 0.2) is 0 Å². The van der Waals surface area contributed by atoms with Gasteiger partial charge in [-0.2, -0.15) is 13.2 Å². The molecule has 0 bridgehead atoms. The number of rotatable bonds is 2. The van der Waals surface area contributed by atoms with Crippen molar-refractivity contribution in [2.24, 2.45) is 0 Å². The summed E-state index contributed by atoms with van der Waals surface area (Å²) in [7, 11) is 0. The number of carbonyl (C=O) groups is 2. The second kappa shape index (κ2) is 6.04. The van der Waals surface area contributed by atoms with Crippen molar-refractivity contribution in [1.29, 1.82) is 0 Å². The monoisotopic (exact) mass is 330 g/mol. The van der Waals surface area contributed by atoms with Crippen LogP contribution in [-0.4, -0.2) is 24.0 Å². The van der Waals surface area contributed by atoms with Gasteiger partial charge in [0.2, 0.25) is 0 Å². The number of hydrogen-bond donors (Lipinski definition) is 3. The summed E-state index contributed by atoms with van der Waals surface area (Å²) in [5.74, 6) is -1.90. The molecular weight excluding hydrogens is 317 g/mol. The standard InChI is InChI=1S/C14H13F3N2O2S/c1-7-2-4-8(5-3-7)9-6-10(14(15,16)17)18-12(20)11(9)13(21)19-22/h2-5,10,22H,6H2,1H3,(H,18,20)(H,19,21). The Hall–Kier alpha value is -1.96. The molecule has 4 nitrogen and oxygen atoms in total. The van der Waals surface area contributed by atoms with E-state index >= 15 is 0 Å². The Morgan fingerprint density at radius 3 is 2.41 bits per heavy atom. The Bertz CT molecular complexity index is 638. The van der Waals surface area contributed by atoms with Crippen LogP contribution in [0.5, 0.6) is 0 Å². The van der Waals surface area contributed by atoms with E-state index in [1.165, 1.54) is 0 Å². The number of carbonyl (C=O) groups excluding carboxylic acids is 2. The van der Waals surface area contributed by atoms with Crippen LogP contribution in [0.25, 0.3) is 5.57 Å². The van der Waals surface area contributed by atoms with Gasteiger partial charge in [-0.3, -0.25) is 14.3 Å². The fourth-order valence-electron chi connectivity index (χ4n) is 2.24. The molecule has 2 N–H and O–H groups in total. The van der Waals surface area contributed by atoms with Crippen LogP contribution in [0.1, 0.15) is 17.5 Å². The molecule has 0 aliphatic carbocycles. The third-order valence-corrected chi connectivity index (χ3v) is 3.57. The number of nitrogens with one attached hydrogen (secondary N) is 2. The molecule has 2 amide bonds. The van der Waals surface area contributed by atoms with Crippen molar-refractivity contribution in [3.8, 4) is 0 Å². The normalized spacial score (nSPS) is 19.0.